The largest absolute Gasteiger partial charge is 0.345 e. The second-order valence-corrected chi connectivity index (χ2v) is 6.92. The Hall–Kier alpha value is -3.48. The van der Waals surface area contributed by atoms with Gasteiger partial charge in [0, 0.05) is 36.9 Å². The van der Waals surface area contributed by atoms with Gasteiger partial charge >= 0.3 is 0 Å². The van der Waals surface area contributed by atoms with Gasteiger partial charge in [-0.05, 0) is 32.0 Å². The second kappa shape index (κ2) is 6.92. The van der Waals surface area contributed by atoms with Gasteiger partial charge < -0.3 is 5.32 Å². The lowest BCUT2D eigenvalue weighted by Gasteiger charge is -2.15. The Morgan fingerprint density at radius 1 is 1.11 bits per heavy atom. The van der Waals surface area contributed by atoms with Crippen LogP contribution in [0.2, 0.25) is 0 Å². The highest BCUT2D eigenvalue weighted by Gasteiger charge is 2.19. The minimum atomic E-state index is -0.159. The summed E-state index contributed by atoms with van der Waals surface area (Å²) in [5.74, 6) is -0.141. The fourth-order valence-electron chi connectivity index (χ4n) is 3.41. The SMILES string of the molecule is Cc1c(C(C)NC(=O)c2cc(-c3ccnn3C)nc3ccccc23)cnn1C. The van der Waals surface area contributed by atoms with Crippen LogP contribution in [0.3, 0.4) is 0 Å². The monoisotopic (exact) mass is 374 g/mol. The Labute approximate surface area is 163 Å². The van der Waals surface area contributed by atoms with Crippen molar-refractivity contribution in [3.63, 3.8) is 0 Å². The van der Waals surface area contributed by atoms with Crippen LogP contribution in [0.15, 0.2) is 48.8 Å². The lowest BCUT2D eigenvalue weighted by Crippen LogP contribution is -2.27. The van der Waals surface area contributed by atoms with Gasteiger partial charge in [0.1, 0.15) is 0 Å². The number of nitrogens with one attached hydrogen (secondary N) is 1. The van der Waals surface area contributed by atoms with Crippen molar-refractivity contribution in [2.75, 3.05) is 0 Å². The van der Waals surface area contributed by atoms with Gasteiger partial charge in [-0.25, -0.2) is 4.98 Å². The molecule has 3 aromatic heterocycles. The predicted molar refractivity (Wildman–Crippen MR) is 108 cm³/mol. The number of aryl methyl sites for hydroxylation is 2. The molecule has 4 aromatic rings. The maximum absolute atomic E-state index is 13.2. The first-order valence-corrected chi connectivity index (χ1v) is 9.13. The zero-order chi connectivity index (χ0) is 19.8. The molecule has 0 aliphatic carbocycles. The van der Waals surface area contributed by atoms with Gasteiger partial charge in [0.05, 0.1) is 34.7 Å². The first kappa shape index (κ1) is 17.9. The molecule has 1 amide bonds. The standard InChI is InChI=1S/C21H22N6O/c1-13(17-12-23-26(3)14(17)2)24-21(28)16-11-19(20-9-10-22-27(20)4)25-18-8-6-5-7-15(16)18/h5-13H,1-4H3,(H,24,28). The van der Waals surface area contributed by atoms with Gasteiger partial charge in [-0.3, -0.25) is 14.2 Å². The van der Waals surface area contributed by atoms with Gasteiger partial charge in [0.25, 0.3) is 5.91 Å². The van der Waals surface area contributed by atoms with Crippen molar-refractivity contribution in [3.8, 4) is 11.4 Å². The van der Waals surface area contributed by atoms with Crippen molar-refractivity contribution in [1.29, 1.82) is 0 Å². The number of hydrogen-bond acceptors (Lipinski definition) is 4. The summed E-state index contributed by atoms with van der Waals surface area (Å²) < 4.78 is 3.56. The second-order valence-electron chi connectivity index (χ2n) is 6.92. The van der Waals surface area contributed by atoms with Crippen LogP contribution in [0.5, 0.6) is 0 Å². The minimum Gasteiger partial charge on any atom is -0.345 e. The average Bonchev–Trinajstić information content (AvgIpc) is 3.26. The Morgan fingerprint density at radius 3 is 2.57 bits per heavy atom. The fraction of sp³-hybridized carbons (Fsp3) is 0.238. The number of aromatic nitrogens is 5. The third-order valence-electron chi connectivity index (χ3n) is 5.13. The molecule has 0 bridgehead atoms. The first-order valence-electron chi connectivity index (χ1n) is 9.13. The zero-order valence-electron chi connectivity index (χ0n) is 16.3. The molecule has 1 atom stereocenters. The number of amides is 1. The molecule has 3 heterocycles. The van der Waals surface area contributed by atoms with Crippen LogP contribution < -0.4 is 5.32 Å². The molecule has 0 radical (unpaired) electrons. The van der Waals surface area contributed by atoms with E-state index in [9.17, 15) is 4.79 Å². The molecule has 0 fully saturated rings. The van der Waals surface area contributed by atoms with Gasteiger partial charge in [-0.15, -0.1) is 0 Å². The molecule has 1 aromatic carbocycles. The summed E-state index contributed by atoms with van der Waals surface area (Å²) in [7, 11) is 3.75. The highest BCUT2D eigenvalue weighted by atomic mass is 16.1. The normalized spacial score (nSPS) is 12.3. The molecule has 142 valence electrons. The molecule has 0 saturated heterocycles. The number of carbonyl (C=O) groups excluding carboxylic acids is 1. The van der Waals surface area contributed by atoms with Crippen molar-refractivity contribution in [2.24, 2.45) is 14.1 Å². The maximum atomic E-state index is 13.2. The van der Waals surface area contributed by atoms with Crippen molar-refractivity contribution in [1.82, 2.24) is 29.9 Å². The number of rotatable bonds is 4. The number of hydrogen-bond donors (Lipinski definition) is 1. The lowest BCUT2D eigenvalue weighted by atomic mass is 10.0. The van der Waals surface area contributed by atoms with Gasteiger partial charge in [0.15, 0.2) is 0 Å². The van der Waals surface area contributed by atoms with E-state index in [4.69, 9.17) is 4.98 Å². The number of nitrogens with zero attached hydrogens (tertiary/aromatic N) is 5. The van der Waals surface area contributed by atoms with E-state index in [0.29, 0.717) is 11.3 Å². The van der Waals surface area contributed by atoms with Crippen LogP contribution in [0, 0.1) is 6.92 Å². The van der Waals surface area contributed by atoms with E-state index in [1.54, 1.807) is 21.8 Å². The van der Waals surface area contributed by atoms with Crippen molar-refractivity contribution in [3.05, 3.63) is 65.6 Å². The Kier molecular flexibility index (Phi) is 4.43. The molecule has 1 N–H and O–H groups in total. The summed E-state index contributed by atoms with van der Waals surface area (Å²) in [6.45, 7) is 3.96. The van der Waals surface area contributed by atoms with Crippen molar-refractivity contribution >= 4 is 16.8 Å². The summed E-state index contributed by atoms with van der Waals surface area (Å²) in [4.78, 5) is 17.9. The van der Waals surface area contributed by atoms with E-state index in [2.05, 4.69) is 15.5 Å². The van der Waals surface area contributed by atoms with E-state index in [0.717, 1.165) is 27.9 Å². The van der Waals surface area contributed by atoms with Crippen LogP contribution >= 0.6 is 0 Å². The summed E-state index contributed by atoms with van der Waals surface area (Å²) in [5, 5.41) is 12.4. The number of carbonyl (C=O) groups is 1. The smallest absolute Gasteiger partial charge is 0.252 e. The molecule has 7 nitrogen and oxygen atoms in total. The molecule has 0 aliphatic rings. The van der Waals surface area contributed by atoms with E-state index in [1.165, 1.54) is 0 Å². The molecular formula is C21H22N6O. The van der Waals surface area contributed by atoms with Gasteiger partial charge in [-0.2, -0.15) is 10.2 Å². The summed E-state index contributed by atoms with van der Waals surface area (Å²) in [6, 6.07) is 11.2. The zero-order valence-corrected chi connectivity index (χ0v) is 16.3. The van der Waals surface area contributed by atoms with E-state index < -0.39 is 0 Å². The Balaban J connectivity index is 1.75. The van der Waals surface area contributed by atoms with Gasteiger partial charge in [-0.1, -0.05) is 18.2 Å². The summed E-state index contributed by atoms with van der Waals surface area (Å²) in [6.07, 6.45) is 3.52. The lowest BCUT2D eigenvalue weighted by molar-refractivity contribution is 0.0941. The number of fused-ring (bicyclic) bond motifs is 1. The molecule has 7 heteroatoms. The molecule has 0 spiro atoms. The van der Waals surface area contributed by atoms with Crippen LogP contribution in [-0.2, 0) is 14.1 Å². The van der Waals surface area contributed by atoms with Crippen molar-refractivity contribution in [2.45, 2.75) is 19.9 Å². The topological polar surface area (TPSA) is 77.6 Å². The first-order chi connectivity index (χ1) is 13.5. The number of para-hydroxylation sites is 1. The van der Waals surface area contributed by atoms with Crippen molar-refractivity contribution < 1.29 is 4.79 Å². The highest BCUT2D eigenvalue weighted by molar-refractivity contribution is 6.07. The number of pyridine rings is 1. The fourth-order valence-corrected chi connectivity index (χ4v) is 3.41. The maximum Gasteiger partial charge on any atom is 0.252 e. The summed E-state index contributed by atoms with van der Waals surface area (Å²) in [5.41, 5.74) is 4.97. The average molecular weight is 374 g/mol. The molecule has 0 saturated carbocycles. The van der Waals surface area contributed by atoms with E-state index >= 15 is 0 Å². The van der Waals surface area contributed by atoms with Crippen LogP contribution in [-0.4, -0.2) is 30.5 Å². The minimum absolute atomic E-state index is 0.141. The molecular weight excluding hydrogens is 352 g/mol. The van der Waals surface area contributed by atoms with Gasteiger partial charge in [0.2, 0.25) is 0 Å². The Morgan fingerprint density at radius 2 is 1.89 bits per heavy atom. The highest BCUT2D eigenvalue weighted by Crippen LogP contribution is 2.25. The number of benzene rings is 1. The van der Waals surface area contributed by atoms with E-state index in [1.807, 2.05) is 64.3 Å². The van der Waals surface area contributed by atoms with E-state index in [-0.39, 0.29) is 11.9 Å². The van der Waals surface area contributed by atoms with Crippen LogP contribution in [0.1, 0.15) is 34.6 Å². The predicted octanol–water partition coefficient (Wildman–Crippen LogP) is 3.17. The van der Waals surface area contributed by atoms with Crippen LogP contribution in [0.4, 0.5) is 0 Å². The van der Waals surface area contributed by atoms with Crippen LogP contribution in [0.25, 0.3) is 22.3 Å². The summed E-state index contributed by atoms with van der Waals surface area (Å²) >= 11 is 0. The molecule has 1 unspecified atom stereocenters. The third-order valence-corrected chi connectivity index (χ3v) is 5.13. The third kappa shape index (κ3) is 3.05. The molecule has 4 rings (SSSR count). The Bertz CT molecular complexity index is 1170. The molecule has 28 heavy (non-hydrogen) atoms. The quantitative estimate of drug-likeness (QED) is 0.595. The molecule has 0 aliphatic heterocycles.